The zero-order chi connectivity index (χ0) is 19.6. The van der Waals surface area contributed by atoms with E-state index in [0.717, 1.165) is 0 Å². The molecule has 0 radical (unpaired) electrons. The molecule has 0 spiro atoms. The van der Waals surface area contributed by atoms with Gasteiger partial charge in [-0.05, 0) is 87.3 Å². The fourth-order valence-electron chi connectivity index (χ4n) is 4.00. The van der Waals surface area contributed by atoms with Crippen LogP contribution in [0.1, 0.15) is 72.4 Å². The Morgan fingerprint density at radius 1 is 1.00 bits per heavy atom. The summed E-state index contributed by atoms with van der Waals surface area (Å²) in [6, 6.07) is 0. The predicted octanol–water partition coefficient (Wildman–Crippen LogP) is 2.29. The Morgan fingerprint density at radius 2 is 1.52 bits per heavy atom. The molecule has 0 fully saturated rings. The maximum atomic E-state index is 12.9. The molecule has 1 unspecified atom stereocenters. The number of hydrogen-bond donors (Lipinski definition) is 1. The van der Waals surface area contributed by atoms with Gasteiger partial charge in [0.2, 0.25) is 0 Å². The molecule has 1 atom stereocenters. The zero-order valence-electron chi connectivity index (χ0n) is 18.1. The number of rotatable bonds is 5. The second-order valence-corrected chi connectivity index (χ2v) is 7.20. The van der Waals surface area contributed by atoms with Crippen LogP contribution in [0.15, 0.2) is 16.5 Å². The summed E-state index contributed by atoms with van der Waals surface area (Å²) in [5.74, 6) is 0.101. The first-order valence-electron chi connectivity index (χ1n) is 9.45. The third-order valence-corrected chi connectivity index (χ3v) is 5.83. The van der Waals surface area contributed by atoms with E-state index in [0.29, 0.717) is 37.2 Å². The molecule has 0 amide bonds. The Balaban J connectivity index is 0.00000364. The van der Waals surface area contributed by atoms with Gasteiger partial charge >= 0.3 is 29.6 Å². The van der Waals surface area contributed by atoms with E-state index in [1.54, 1.807) is 0 Å². The van der Waals surface area contributed by atoms with E-state index in [1.165, 1.54) is 33.4 Å². The Bertz CT molecular complexity index is 764. The predicted molar refractivity (Wildman–Crippen MR) is 106 cm³/mol. The molecule has 4 nitrogen and oxygen atoms in total. The topological polar surface area (TPSA) is 58.9 Å². The van der Waals surface area contributed by atoms with E-state index in [9.17, 15) is 9.90 Å². The molecule has 0 aromatic heterocycles. The van der Waals surface area contributed by atoms with Crippen molar-refractivity contribution in [2.75, 3.05) is 6.61 Å². The first-order valence-corrected chi connectivity index (χ1v) is 9.45. The molecule has 142 valence electrons. The smallest absolute Gasteiger partial charge is 0.511 e. The number of carbonyl (C=O) groups is 1. The molecule has 0 saturated heterocycles. The molecule has 0 aliphatic heterocycles. The number of Topliss-reactive ketones (excluding diaryl/α,β-unsaturated/α-hetero) is 1. The van der Waals surface area contributed by atoms with Gasteiger partial charge in [-0.2, -0.15) is 0 Å². The van der Waals surface area contributed by atoms with Gasteiger partial charge in [-0.3, -0.25) is 4.79 Å². The van der Waals surface area contributed by atoms with E-state index in [-0.39, 0.29) is 47.0 Å². The van der Waals surface area contributed by atoms with Gasteiger partial charge in [0, 0.05) is 12.8 Å². The van der Waals surface area contributed by atoms with Gasteiger partial charge in [-0.25, -0.2) is 0 Å². The van der Waals surface area contributed by atoms with Crippen molar-refractivity contribution in [1.29, 1.82) is 0 Å². The maximum absolute atomic E-state index is 12.9. The zero-order valence-corrected chi connectivity index (χ0v) is 20.1. The van der Waals surface area contributed by atoms with Crippen molar-refractivity contribution in [2.45, 2.75) is 73.6 Å². The fourth-order valence-corrected chi connectivity index (χ4v) is 4.00. The Labute approximate surface area is 185 Å². The number of aliphatic hydroxyl groups excluding tert-OH is 1. The van der Waals surface area contributed by atoms with Gasteiger partial charge in [-0.15, -0.1) is 0 Å². The summed E-state index contributed by atoms with van der Waals surface area (Å²) in [6.07, 6.45) is 1.42. The third kappa shape index (κ3) is 4.67. The molecule has 0 saturated carbocycles. The van der Waals surface area contributed by atoms with Crippen molar-refractivity contribution < 1.29 is 44.3 Å². The summed E-state index contributed by atoms with van der Waals surface area (Å²) in [5.41, 5.74) is 8.43. The third-order valence-electron chi connectivity index (χ3n) is 5.83. The van der Waals surface area contributed by atoms with Crippen molar-refractivity contribution >= 4 is 11.5 Å². The molecule has 27 heavy (non-hydrogen) atoms. The average Bonchev–Trinajstić information content (AvgIpc) is 2.60. The summed E-state index contributed by atoms with van der Waals surface area (Å²) in [5, 5.41) is 14.7. The first kappa shape index (κ1) is 23.9. The SMILES string of the molecule is CCO/N=C(/CC)C1=C(O)CC(c2c(C)c(C)c(C)c(C)c2C)CC1=O.[Na+]. The van der Waals surface area contributed by atoms with Crippen molar-refractivity contribution in [3.8, 4) is 0 Å². The van der Waals surface area contributed by atoms with Crippen LogP contribution >= 0.6 is 0 Å². The molecule has 0 heterocycles. The van der Waals surface area contributed by atoms with Gasteiger partial charge in [0.25, 0.3) is 0 Å². The summed E-state index contributed by atoms with van der Waals surface area (Å²) in [4.78, 5) is 18.0. The van der Waals surface area contributed by atoms with Crippen molar-refractivity contribution in [2.24, 2.45) is 5.16 Å². The quantitative estimate of drug-likeness (QED) is 0.484. The van der Waals surface area contributed by atoms with E-state index >= 15 is 0 Å². The molecule has 0 bridgehead atoms. The number of oxime groups is 1. The molecule has 5 heteroatoms. The van der Waals surface area contributed by atoms with Crippen LogP contribution in [0.3, 0.4) is 0 Å². The van der Waals surface area contributed by atoms with Crippen LogP contribution in [0.5, 0.6) is 0 Å². The Kier molecular flexibility index (Phi) is 8.78. The molecule has 1 aliphatic rings. The standard InChI is InChI=1S/C22H31NO3.Na/c1-8-18(23-26-9-2)22-19(24)10-17(11-20(22)25)21-15(6)13(4)12(3)14(5)16(21)7;/h17,24H,8-11H2,1-7H3;/q;+1/b23-18-;. The van der Waals surface area contributed by atoms with Crippen LogP contribution < -0.4 is 29.6 Å². The minimum absolute atomic E-state index is 0. The number of hydrogen-bond acceptors (Lipinski definition) is 4. The minimum Gasteiger partial charge on any atom is -0.511 e. The second-order valence-electron chi connectivity index (χ2n) is 7.20. The van der Waals surface area contributed by atoms with E-state index < -0.39 is 0 Å². The Hall–Kier alpha value is -1.10. The normalized spacial score (nSPS) is 17.8. The molecule has 1 aliphatic carbocycles. The van der Waals surface area contributed by atoms with Crippen molar-refractivity contribution in [3.63, 3.8) is 0 Å². The number of allylic oxidation sites excluding steroid dienone is 2. The monoisotopic (exact) mass is 380 g/mol. The molecular weight excluding hydrogens is 349 g/mol. The average molecular weight is 380 g/mol. The molecule has 2 rings (SSSR count). The summed E-state index contributed by atoms with van der Waals surface area (Å²) in [6.45, 7) is 14.9. The fraction of sp³-hybridized carbons (Fsp3) is 0.545. The van der Waals surface area contributed by atoms with Crippen molar-refractivity contribution in [3.05, 3.63) is 44.7 Å². The van der Waals surface area contributed by atoms with Crippen LogP contribution in [-0.4, -0.2) is 23.2 Å². The summed E-state index contributed by atoms with van der Waals surface area (Å²) < 4.78 is 0. The number of ketones is 1. The first-order chi connectivity index (χ1) is 12.2. The van der Waals surface area contributed by atoms with Gasteiger partial charge in [0.15, 0.2) is 5.78 Å². The van der Waals surface area contributed by atoms with Crippen LogP contribution in [0, 0.1) is 34.6 Å². The molecule has 1 N–H and O–H groups in total. The maximum Gasteiger partial charge on any atom is 1.00 e. The number of nitrogens with zero attached hydrogens (tertiary/aromatic N) is 1. The number of benzene rings is 1. The van der Waals surface area contributed by atoms with E-state index in [4.69, 9.17) is 4.84 Å². The van der Waals surface area contributed by atoms with Crippen LogP contribution in [0.4, 0.5) is 0 Å². The van der Waals surface area contributed by atoms with Crippen LogP contribution in [0.25, 0.3) is 0 Å². The molecular formula is C22H31NNaO3+. The van der Waals surface area contributed by atoms with Crippen LogP contribution in [0.2, 0.25) is 0 Å². The van der Waals surface area contributed by atoms with Crippen molar-refractivity contribution in [1.82, 2.24) is 0 Å². The minimum atomic E-state index is -0.0475. The Morgan fingerprint density at radius 3 is 1.96 bits per heavy atom. The van der Waals surface area contributed by atoms with Gasteiger partial charge < -0.3 is 9.94 Å². The summed E-state index contributed by atoms with van der Waals surface area (Å²) >= 11 is 0. The number of carbonyl (C=O) groups excluding carboxylic acids is 1. The molecule has 1 aromatic rings. The summed E-state index contributed by atoms with van der Waals surface area (Å²) in [7, 11) is 0. The van der Waals surface area contributed by atoms with Crippen LogP contribution in [-0.2, 0) is 9.63 Å². The number of aliphatic hydroxyl groups is 1. The van der Waals surface area contributed by atoms with Gasteiger partial charge in [0.05, 0.1) is 11.3 Å². The molecule has 1 aromatic carbocycles. The largest absolute Gasteiger partial charge is 1.00 e. The van der Waals surface area contributed by atoms with Gasteiger partial charge in [-0.1, -0.05) is 12.1 Å². The van der Waals surface area contributed by atoms with E-state index in [2.05, 4.69) is 39.8 Å². The van der Waals surface area contributed by atoms with Gasteiger partial charge in [0.1, 0.15) is 12.4 Å². The van der Waals surface area contributed by atoms with E-state index in [1.807, 2.05) is 13.8 Å². The second kappa shape index (κ2) is 9.90.